The highest BCUT2D eigenvalue weighted by Crippen LogP contribution is 2.37. The Morgan fingerprint density at radius 3 is 2.37 bits per heavy atom. The Kier molecular flexibility index (Phi) is 9.54. The number of halogens is 2. The summed E-state index contributed by atoms with van der Waals surface area (Å²) in [4.78, 5) is 39.1. The Morgan fingerprint density at radius 1 is 1.00 bits per heavy atom. The molecule has 1 fully saturated rings. The van der Waals surface area contributed by atoms with Crippen molar-refractivity contribution in [2.45, 2.75) is 6.61 Å². The Morgan fingerprint density at radius 2 is 1.71 bits per heavy atom. The van der Waals surface area contributed by atoms with Crippen molar-refractivity contribution in [2.75, 3.05) is 26.1 Å². The van der Waals surface area contributed by atoms with Gasteiger partial charge in [0.05, 0.1) is 22.7 Å². The zero-order valence-electron chi connectivity index (χ0n) is 20.3. The standard InChI is InChI=1S/C27H22I2N2O6S/c1-35-20-9-7-19(8-10-20)30-24(32)14-31-26(33)23(38-27(31)34)13-17-11-21(29)25(22(12-17)36-2)37-15-16-3-5-18(28)6-4-16/h3-13H,14-15H2,1-2H3,(H,30,32)/b23-13+. The molecule has 1 N–H and O–H groups in total. The summed E-state index contributed by atoms with van der Waals surface area (Å²) >= 11 is 5.19. The SMILES string of the molecule is COc1ccc(NC(=O)CN2C(=O)S/C(=C/c3cc(I)c(OCc4ccc(I)cc4)c(OC)c3)C2=O)cc1. The second-order valence-corrected chi connectivity index (χ2v) is 11.4. The topological polar surface area (TPSA) is 94.2 Å². The van der Waals surface area contributed by atoms with Crippen molar-refractivity contribution in [2.24, 2.45) is 0 Å². The number of imide groups is 1. The van der Waals surface area contributed by atoms with Crippen LogP contribution in [0.5, 0.6) is 17.2 Å². The van der Waals surface area contributed by atoms with Gasteiger partial charge in [0.25, 0.3) is 11.1 Å². The third-order valence-electron chi connectivity index (χ3n) is 5.40. The molecule has 11 heteroatoms. The Bertz CT molecular complexity index is 1390. The van der Waals surface area contributed by atoms with Gasteiger partial charge >= 0.3 is 0 Å². The predicted molar refractivity (Wildman–Crippen MR) is 164 cm³/mol. The molecule has 0 saturated carbocycles. The fourth-order valence-corrected chi connectivity index (χ4v) is 5.48. The van der Waals surface area contributed by atoms with Gasteiger partial charge in [-0.1, -0.05) is 12.1 Å². The van der Waals surface area contributed by atoms with E-state index < -0.39 is 17.1 Å². The van der Waals surface area contributed by atoms with E-state index in [0.717, 1.165) is 29.4 Å². The molecule has 0 unspecified atom stereocenters. The van der Waals surface area contributed by atoms with E-state index in [1.165, 1.54) is 0 Å². The van der Waals surface area contributed by atoms with E-state index in [0.29, 0.717) is 35.1 Å². The number of methoxy groups -OCH3 is 2. The summed E-state index contributed by atoms with van der Waals surface area (Å²) in [5.74, 6) is 0.734. The summed E-state index contributed by atoms with van der Waals surface area (Å²) in [6, 6.07) is 18.4. The molecule has 3 aromatic rings. The molecule has 0 aliphatic carbocycles. The largest absolute Gasteiger partial charge is 0.497 e. The summed E-state index contributed by atoms with van der Waals surface area (Å²) in [6.45, 7) is -0.0136. The number of amides is 3. The van der Waals surface area contributed by atoms with E-state index in [9.17, 15) is 14.4 Å². The zero-order valence-corrected chi connectivity index (χ0v) is 25.5. The maximum atomic E-state index is 12.9. The number of hydrogen-bond donors (Lipinski definition) is 1. The molecule has 3 aromatic carbocycles. The quantitative estimate of drug-likeness (QED) is 0.207. The molecule has 0 aromatic heterocycles. The summed E-state index contributed by atoms with van der Waals surface area (Å²) in [7, 11) is 3.09. The molecule has 38 heavy (non-hydrogen) atoms. The third kappa shape index (κ3) is 6.99. The van der Waals surface area contributed by atoms with Crippen LogP contribution in [0.15, 0.2) is 65.6 Å². The van der Waals surface area contributed by atoms with Crippen LogP contribution in [-0.4, -0.2) is 42.7 Å². The van der Waals surface area contributed by atoms with Crippen molar-refractivity contribution in [1.82, 2.24) is 4.90 Å². The highest BCUT2D eigenvalue weighted by molar-refractivity contribution is 14.1. The van der Waals surface area contributed by atoms with E-state index >= 15 is 0 Å². The number of thioether (sulfide) groups is 1. The summed E-state index contributed by atoms with van der Waals surface area (Å²) in [5, 5.41) is 2.17. The fourth-order valence-electron chi connectivity index (χ4n) is 3.51. The van der Waals surface area contributed by atoms with Crippen molar-refractivity contribution in [3.05, 3.63) is 83.8 Å². The number of benzene rings is 3. The molecule has 1 aliphatic heterocycles. The number of anilines is 1. The average Bonchev–Trinajstić information content (AvgIpc) is 3.16. The smallest absolute Gasteiger partial charge is 0.294 e. The van der Waals surface area contributed by atoms with Crippen molar-refractivity contribution < 1.29 is 28.6 Å². The number of nitrogens with one attached hydrogen (secondary N) is 1. The van der Waals surface area contributed by atoms with Gasteiger partial charge in [0.2, 0.25) is 5.91 Å². The Hall–Kier alpha value is -2.78. The normalized spacial score (nSPS) is 14.1. The first-order valence-corrected chi connectivity index (χ1v) is 14.2. The fraction of sp³-hybridized carbons (Fsp3) is 0.148. The van der Waals surface area contributed by atoms with Crippen molar-refractivity contribution in [1.29, 1.82) is 0 Å². The highest BCUT2D eigenvalue weighted by Gasteiger charge is 2.36. The minimum Gasteiger partial charge on any atom is -0.497 e. The third-order valence-corrected chi connectivity index (χ3v) is 7.82. The van der Waals surface area contributed by atoms with Gasteiger partial charge in [-0.3, -0.25) is 19.3 Å². The van der Waals surface area contributed by atoms with Gasteiger partial charge in [0.1, 0.15) is 18.9 Å². The minimum absolute atomic E-state index is 0.220. The lowest BCUT2D eigenvalue weighted by Crippen LogP contribution is -2.36. The number of carbonyl (C=O) groups is 3. The summed E-state index contributed by atoms with van der Waals surface area (Å²) in [5.41, 5.74) is 2.22. The van der Waals surface area contributed by atoms with E-state index in [2.05, 4.69) is 50.5 Å². The molecule has 1 saturated heterocycles. The molecule has 8 nitrogen and oxygen atoms in total. The van der Waals surface area contributed by atoms with Gasteiger partial charge in [-0.15, -0.1) is 0 Å². The maximum Gasteiger partial charge on any atom is 0.294 e. The molecule has 0 bridgehead atoms. The molecule has 0 spiro atoms. The molecule has 0 atom stereocenters. The molecular weight excluding hydrogens is 734 g/mol. The summed E-state index contributed by atoms with van der Waals surface area (Å²) < 4.78 is 18.6. The second kappa shape index (κ2) is 12.8. The zero-order chi connectivity index (χ0) is 27.2. The number of ether oxygens (including phenoxy) is 3. The van der Waals surface area contributed by atoms with Crippen LogP contribution in [0, 0.1) is 7.14 Å². The van der Waals surface area contributed by atoms with Crippen molar-refractivity contribution >= 4 is 85.8 Å². The Balaban J connectivity index is 1.44. The van der Waals surface area contributed by atoms with Crippen LogP contribution in [0.1, 0.15) is 11.1 Å². The van der Waals surface area contributed by atoms with Crippen LogP contribution in [0.4, 0.5) is 10.5 Å². The van der Waals surface area contributed by atoms with Crippen LogP contribution in [0.3, 0.4) is 0 Å². The lowest BCUT2D eigenvalue weighted by Gasteiger charge is -2.14. The van der Waals surface area contributed by atoms with E-state index in [1.807, 2.05) is 30.3 Å². The van der Waals surface area contributed by atoms with Crippen molar-refractivity contribution in [3.63, 3.8) is 0 Å². The maximum absolute atomic E-state index is 12.9. The molecule has 1 heterocycles. The van der Waals surface area contributed by atoms with Crippen LogP contribution in [0.25, 0.3) is 6.08 Å². The predicted octanol–water partition coefficient (Wildman–Crippen LogP) is 6.17. The minimum atomic E-state index is -0.530. The van der Waals surface area contributed by atoms with E-state index in [4.69, 9.17) is 14.2 Å². The monoisotopic (exact) mass is 756 g/mol. The van der Waals surface area contributed by atoms with E-state index in [1.54, 1.807) is 50.6 Å². The number of carbonyl (C=O) groups excluding carboxylic acids is 3. The first kappa shape index (κ1) is 28.2. The lowest BCUT2D eigenvalue weighted by molar-refractivity contribution is -0.127. The van der Waals surface area contributed by atoms with Crippen LogP contribution in [-0.2, 0) is 16.2 Å². The number of hydrogen-bond acceptors (Lipinski definition) is 7. The van der Waals surface area contributed by atoms with Gasteiger partial charge in [-0.25, -0.2) is 0 Å². The van der Waals surface area contributed by atoms with Crippen LogP contribution < -0.4 is 19.5 Å². The first-order chi connectivity index (χ1) is 18.3. The van der Waals surface area contributed by atoms with Gasteiger partial charge in [-0.05, 0) is 123 Å². The molecule has 4 rings (SSSR count). The van der Waals surface area contributed by atoms with Crippen LogP contribution in [0.2, 0.25) is 0 Å². The average molecular weight is 756 g/mol. The number of rotatable bonds is 9. The van der Waals surface area contributed by atoms with Crippen LogP contribution >= 0.6 is 56.9 Å². The second-order valence-electron chi connectivity index (χ2n) is 7.99. The van der Waals surface area contributed by atoms with Gasteiger partial charge < -0.3 is 19.5 Å². The molecule has 3 amide bonds. The first-order valence-electron chi connectivity index (χ1n) is 11.2. The van der Waals surface area contributed by atoms with Gasteiger partial charge in [0, 0.05) is 9.26 Å². The van der Waals surface area contributed by atoms with Gasteiger partial charge in [-0.2, -0.15) is 0 Å². The molecular formula is C27H22I2N2O6S. The lowest BCUT2D eigenvalue weighted by atomic mass is 10.1. The Labute approximate surface area is 251 Å². The molecule has 1 aliphatic rings. The highest BCUT2D eigenvalue weighted by atomic mass is 127. The summed E-state index contributed by atoms with van der Waals surface area (Å²) in [6.07, 6.45) is 1.61. The number of nitrogens with zero attached hydrogens (tertiary/aromatic N) is 1. The molecule has 196 valence electrons. The van der Waals surface area contributed by atoms with E-state index in [-0.39, 0.29) is 11.4 Å². The molecule has 0 radical (unpaired) electrons. The van der Waals surface area contributed by atoms with Crippen molar-refractivity contribution in [3.8, 4) is 17.2 Å². The van der Waals surface area contributed by atoms with Gasteiger partial charge in [0.15, 0.2) is 11.5 Å².